The molecular weight excluding hydrogens is 405 g/mol. The predicted molar refractivity (Wildman–Crippen MR) is 98.3 cm³/mol. The zero-order valence-corrected chi connectivity index (χ0v) is 17.1. The van der Waals surface area contributed by atoms with E-state index in [-0.39, 0.29) is 27.8 Å². The number of nitrogens with one attached hydrogen (secondary N) is 1. The number of piperidine rings is 1. The van der Waals surface area contributed by atoms with E-state index in [1.165, 1.54) is 6.07 Å². The molecule has 1 aromatic rings. The van der Waals surface area contributed by atoms with Gasteiger partial charge in [-0.15, -0.1) is 0 Å². The Bertz CT molecular complexity index is 780. The van der Waals surface area contributed by atoms with Gasteiger partial charge in [-0.1, -0.05) is 6.92 Å². The monoisotopic (exact) mass is 427 g/mol. The summed E-state index contributed by atoms with van der Waals surface area (Å²) in [4.78, 5) is 31.1. The van der Waals surface area contributed by atoms with Gasteiger partial charge < -0.3 is 10.1 Å². The van der Waals surface area contributed by atoms with Gasteiger partial charge in [0, 0.05) is 6.04 Å². The number of aromatic nitrogens is 1. The minimum atomic E-state index is -0.633. The number of carbonyl (C=O) groups is 2. The number of rotatable bonds is 2. The van der Waals surface area contributed by atoms with Crippen LogP contribution in [0.3, 0.4) is 0 Å². The van der Waals surface area contributed by atoms with E-state index in [1.54, 1.807) is 32.6 Å². The molecule has 142 valence electrons. The second kappa shape index (κ2) is 6.18. The van der Waals surface area contributed by atoms with Gasteiger partial charge in [0.1, 0.15) is 22.1 Å². The van der Waals surface area contributed by atoms with E-state index in [0.717, 1.165) is 6.42 Å². The van der Waals surface area contributed by atoms with Crippen LogP contribution in [0.2, 0.25) is 0 Å². The van der Waals surface area contributed by atoms with Gasteiger partial charge in [0.05, 0.1) is 0 Å². The number of carbonyl (C=O) groups excluding carboxylic acids is 2. The van der Waals surface area contributed by atoms with E-state index in [4.69, 9.17) is 4.74 Å². The number of halogens is 2. The predicted octanol–water partition coefficient (Wildman–Crippen LogP) is 4.02. The van der Waals surface area contributed by atoms with Gasteiger partial charge in [-0.3, -0.25) is 9.69 Å². The fourth-order valence-electron chi connectivity index (χ4n) is 3.47. The summed E-state index contributed by atoms with van der Waals surface area (Å²) >= 11 is 3.02. The molecule has 2 aliphatic rings. The van der Waals surface area contributed by atoms with E-state index in [9.17, 15) is 14.0 Å². The fraction of sp³-hybridized carbons (Fsp3) is 0.611. The van der Waals surface area contributed by atoms with Crippen LogP contribution in [0.5, 0.6) is 0 Å². The summed E-state index contributed by atoms with van der Waals surface area (Å²) in [5, 5.41) is 2.73. The van der Waals surface area contributed by atoms with E-state index in [2.05, 4.69) is 33.2 Å². The molecule has 2 amide bonds. The zero-order valence-electron chi connectivity index (χ0n) is 15.5. The molecule has 0 radical (unpaired) electrons. The van der Waals surface area contributed by atoms with Crippen molar-refractivity contribution in [1.29, 1.82) is 0 Å². The third-order valence-electron chi connectivity index (χ3n) is 4.91. The molecule has 0 aromatic carbocycles. The largest absolute Gasteiger partial charge is 0.444 e. The molecule has 1 aliphatic carbocycles. The highest BCUT2D eigenvalue weighted by Gasteiger charge is 2.65. The third-order valence-corrected chi connectivity index (χ3v) is 5.46. The van der Waals surface area contributed by atoms with Crippen LogP contribution < -0.4 is 5.32 Å². The number of aryl methyl sites for hydroxylation is 1. The molecule has 1 aliphatic heterocycles. The maximum atomic E-state index is 13.5. The first kappa shape index (κ1) is 19.1. The fourth-order valence-corrected chi connectivity index (χ4v) is 3.76. The van der Waals surface area contributed by atoms with Crippen LogP contribution in [-0.4, -0.2) is 39.6 Å². The molecule has 8 heteroatoms. The van der Waals surface area contributed by atoms with Crippen molar-refractivity contribution in [3.8, 4) is 0 Å². The number of likely N-dealkylation sites (tertiary alicyclic amines) is 1. The van der Waals surface area contributed by atoms with Crippen LogP contribution >= 0.6 is 15.9 Å². The van der Waals surface area contributed by atoms with Gasteiger partial charge >= 0.3 is 6.09 Å². The van der Waals surface area contributed by atoms with Crippen LogP contribution in [0.4, 0.5) is 15.0 Å². The Kier molecular flexibility index (Phi) is 4.53. The number of hydrogen-bond acceptors (Lipinski definition) is 4. The summed E-state index contributed by atoms with van der Waals surface area (Å²) in [6.45, 7) is 9.12. The Hall–Kier alpha value is -1.70. The van der Waals surface area contributed by atoms with Crippen molar-refractivity contribution in [2.45, 2.75) is 65.1 Å². The quantitative estimate of drug-likeness (QED) is 0.723. The first-order valence-electron chi connectivity index (χ1n) is 8.56. The van der Waals surface area contributed by atoms with Gasteiger partial charge in [0.15, 0.2) is 5.82 Å². The van der Waals surface area contributed by atoms with E-state index in [0.29, 0.717) is 12.0 Å². The first-order valence-corrected chi connectivity index (χ1v) is 9.35. The van der Waals surface area contributed by atoms with Crippen molar-refractivity contribution in [1.82, 2.24) is 9.88 Å². The highest BCUT2D eigenvalue weighted by molar-refractivity contribution is 9.10. The van der Waals surface area contributed by atoms with Gasteiger partial charge in [0.25, 0.3) is 0 Å². The van der Waals surface area contributed by atoms with Crippen molar-refractivity contribution in [2.24, 2.45) is 5.41 Å². The molecule has 1 saturated carbocycles. The second-order valence-electron chi connectivity index (χ2n) is 8.40. The van der Waals surface area contributed by atoms with Crippen LogP contribution in [0.1, 0.15) is 46.1 Å². The topological polar surface area (TPSA) is 71.5 Å². The smallest absolute Gasteiger partial charge is 0.411 e. The molecule has 2 heterocycles. The molecule has 1 unspecified atom stereocenters. The number of hydrogen-bond donors (Lipinski definition) is 1. The maximum absolute atomic E-state index is 13.5. The Morgan fingerprint density at radius 3 is 2.69 bits per heavy atom. The lowest BCUT2D eigenvalue weighted by atomic mass is 10.0. The standard InChI is InChI=1S/C18H23BrFN3O3/c1-9-6-10(20)13(19)21-14(9)22-15(24)11-7-18(5)8-12(18)23(11)16(25)26-17(2,3)4/h6,11-12H,7-8H2,1-5H3,(H,21,22,24)/t11-,12?,18-/m0/s1. The summed E-state index contributed by atoms with van der Waals surface area (Å²) in [5.74, 6) is -0.554. The highest BCUT2D eigenvalue weighted by Crippen LogP contribution is 2.59. The second-order valence-corrected chi connectivity index (χ2v) is 9.15. The van der Waals surface area contributed by atoms with Crippen molar-refractivity contribution in [2.75, 3.05) is 5.32 Å². The van der Waals surface area contributed by atoms with Crippen LogP contribution in [0.25, 0.3) is 0 Å². The average molecular weight is 428 g/mol. The van der Waals surface area contributed by atoms with E-state index < -0.39 is 23.6 Å². The molecule has 1 saturated heterocycles. The Balaban J connectivity index is 1.80. The van der Waals surface area contributed by atoms with Gasteiger partial charge in [0.2, 0.25) is 5.91 Å². The molecule has 26 heavy (non-hydrogen) atoms. The SMILES string of the molecule is Cc1cc(F)c(Br)nc1NC(=O)[C@@H]1C[C@@]2(C)CC2N1C(=O)OC(C)(C)C. The summed E-state index contributed by atoms with van der Waals surface area (Å²) in [7, 11) is 0. The Morgan fingerprint density at radius 2 is 2.08 bits per heavy atom. The molecule has 1 aromatic heterocycles. The van der Waals surface area contributed by atoms with Gasteiger partial charge in [-0.25, -0.2) is 14.2 Å². The first-order chi connectivity index (χ1) is 11.9. The number of amides is 2. The Morgan fingerprint density at radius 1 is 1.42 bits per heavy atom. The lowest BCUT2D eigenvalue weighted by Gasteiger charge is -2.29. The van der Waals surface area contributed by atoms with E-state index in [1.807, 2.05) is 0 Å². The molecule has 0 bridgehead atoms. The summed E-state index contributed by atoms with van der Waals surface area (Å²) < 4.78 is 19.1. The average Bonchev–Trinajstić information content (AvgIpc) is 3.04. The van der Waals surface area contributed by atoms with Crippen molar-refractivity contribution < 1.29 is 18.7 Å². The molecule has 2 fully saturated rings. The summed E-state index contributed by atoms with van der Waals surface area (Å²) in [6.07, 6.45) is 0.966. The Labute approximate surface area is 160 Å². The minimum Gasteiger partial charge on any atom is -0.444 e. The van der Waals surface area contributed by atoms with Crippen LogP contribution in [-0.2, 0) is 9.53 Å². The number of pyridine rings is 1. The molecular formula is C18H23BrFN3O3. The van der Waals surface area contributed by atoms with Crippen LogP contribution in [0, 0.1) is 18.2 Å². The number of nitrogens with zero attached hydrogens (tertiary/aromatic N) is 2. The molecule has 1 N–H and O–H groups in total. The number of fused-ring (bicyclic) bond motifs is 1. The summed E-state index contributed by atoms with van der Waals surface area (Å²) in [6, 6.07) is 0.687. The third kappa shape index (κ3) is 3.56. The molecule has 6 nitrogen and oxygen atoms in total. The van der Waals surface area contributed by atoms with Crippen LogP contribution in [0.15, 0.2) is 10.7 Å². The summed E-state index contributed by atoms with van der Waals surface area (Å²) in [5.41, 5.74) is -0.172. The van der Waals surface area contributed by atoms with Gasteiger partial charge in [-0.2, -0.15) is 0 Å². The van der Waals surface area contributed by atoms with Crippen molar-refractivity contribution in [3.05, 3.63) is 22.1 Å². The zero-order chi connectivity index (χ0) is 19.4. The molecule has 3 rings (SSSR count). The number of anilines is 1. The molecule has 3 atom stereocenters. The minimum absolute atomic E-state index is 0.0158. The normalized spacial score (nSPS) is 27.1. The lowest BCUT2D eigenvalue weighted by Crippen LogP contribution is -2.47. The van der Waals surface area contributed by atoms with Crippen molar-refractivity contribution in [3.63, 3.8) is 0 Å². The molecule has 0 spiro atoms. The highest BCUT2D eigenvalue weighted by atomic mass is 79.9. The van der Waals surface area contributed by atoms with E-state index >= 15 is 0 Å². The number of ether oxygens (including phenoxy) is 1. The maximum Gasteiger partial charge on any atom is 0.411 e. The van der Waals surface area contributed by atoms with Crippen molar-refractivity contribution >= 4 is 33.7 Å². The van der Waals surface area contributed by atoms with Gasteiger partial charge in [-0.05, 0) is 73.5 Å². The lowest BCUT2D eigenvalue weighted by molar-refractivity contribution is -0.121.